The van der Waals surface area contributed by atoms with Crippen molar-refractivity contribution in [3.63, 3.8) is 0 Å². The maximum absolute atomic E-state index is 1.50. The van der Waals surface area contributed by atoms with Crippen molar-refractivity contribution in [2.75, 3.05) is 0 Å². The third kappa shape index (κ3) is 28.2. The van der Waals surface area contributed by atoms with Crippen molar-refractivity contribution in [3.8, 4) is 0 Å². The molecule has 0 aromatic rings. The highest BCUT2D eigenvalue weighted by Crippen LogP contribution is 2.17. The van der Waals surface area contributed by atoms with Crippen LogP contribution >= 0.6 is 0 Å². The molecule has 0 heterocycles. The summed E-state index contributed by atoms with van der Waals surface area (Å²) >= 11 is 0. The fourth-order valence-corrected chi connectivity index (χ4v) is 3.89. The van der Waals surface area contributed by atoms with Crippen molar-refractivity contribution in [3.05, 3.63) is 0 Å². The van der Waals surface area contributed by atoms with Gasteiger partial charge in [0.2, 0.25) is 0 Å². The zero-order valence-corrected chi connectivity index (χ0v) is 19.8. The first-order chi connectivity index (χ1) is 14.0. The summed E-state index contributed by atoms with van der Waals surface area (Å²) in [6, 6.07) is 0. The van der Waals surface area contributed by atoms with E-state index >= 15 is 0 Å². The Morgan fingerprint density at radius 2 is 0.107 bits per heavy atom. The molecule has 0 saturated heterocycles. The van der Waals surface area contributed by atoms with Crippen LogP contribution in [0.25, 0.3) is 0 Å². The van der Waals surface area contributed by atoms with Crippen molar-refractivity contribution in [2.24, 2.45) is 0 Å². The van der Waals surface area contributed by atoms with E-state index in [1.54, 1.807) is 0 Å². The summed E-state index contributed by atoms with van der Waals surface area (Å²) in [4.78, 5) is 0. The average molecular weight is 393 g/mol. The Balaban J connectivity index is 0.000000171. The van der Waals surface area contributed by atoms with Crippen LogP contribution in [0.15, 0.2) is 0 Å². The van der Waals surface area contributed by atoms with Crippen LogP contribution in [-0.4, -0.2) is 0 Å². The summed E-state index contributed by atoms with van der Waals surface area (Å²) in [5.74, 6) is 0. The van der Waals surface area contributed by atoms with Crippen LogP contribution in [0.2, 0.25) is 0 Å². The third-order valence-electron chi connectivity index (χ3n) is 6.21. The highest BCUT2D eigenvalue weighted by atomic mass is 14.0. The molecule has 6 aliphatic carbocycles. The average Bonchev–Trinajstić information content (AvgIpc) is 3.76. The summed E-state index contributed by atoms with van der Waals surface area (Å²) < 4.78 is 0. The maximum atomic E-state index is 1.50. The van der Waals surface area contributed by atoms with E-state index in [0.29, 0.717) is 0 Å². The number of hydrogen-bond donors (Lipinski definition) is 0. The minimum Gasteiger partial charge on any atom is -0.0533 e. The topological polar surface area (TPSA) is 0 Å². The molecule has 0 atom stereocenters. The first kappa shape index (κ1) is 26.0. The van der Waals surface area contributed by atoms with Gasteiger partial charge in [0.25, 0.3) is 0 Å². The van der Waals surface area contributed by atoms with Crippen molar-refractivity contribution < 1.29 is 0 Å². The minimum atomic E-state index is 1.50. The lowest BCUT2D eigenvalue weighted by Gasteiger charge is -2.05. The molecule has 0 amide bonds. The van der Waals surface area contributed by atoms with Gasteiger partial charge < -0.3 is 0 Å². The summed E-state index contributed by atoms with van der Waals surface area (Å²) in [5.41, 5.74) is 0. The number of hydrogen-bond acceptors (Lipinski definition) is 0. The molecule has 0 aromatic heterocycles. The summed E-state index contributed by atoms with van der Waals surface area (Å²) in [6.07, 6.45) is 42.0. The van der Waals surface area contributed by atoms with E-state index in [2.05, 4.69) is 0 Å². The van der Waals surface area contributed by atoms with Gasteiger partial charge in [-0.15, -0.1) is 0 Å². The second-order valence-corrected chi connectivity index (χ2v) is 9.90. The Kier molecular flexibility index (Phi) is 21.6. The van der Waals surface area contributed by atoms with Gasteiger partial charge in [0.05, 0.1) is 0 Å². The van der Waals surface area contributed by atoms with Crippen molar-refractivity contribution >= 4 is 0 Å². The molecule has 0 aliphatic heterocycles. The largest absolute Gasteiger partial charge is 0.0533 e. The van der Waals surface area contributed by atoms with Crippen LogP contribution in [0.4, 0.5) is 0 Å². The lowest BCUT2D eigenvalue weighted by atomic mass is 10.0. The minimum absolute atomic E-state index is 1.50. The van der Waals surface area contributed by atoms with E-state index in [0.717, 1.165) is 0 Å². The molecule has 28 heavy (non-hydrogen) atoms. The molecule has 0 heteroatoms. The molecule has 168 valence electrons. The second-order valence-electron chi connectivity index (χ2n) is 9.90. The van der Waals surface area contributed by atoms with Gasteiger partial charge in [-0.2, -0.15) is 0 Å². The summed E-state index contributed by atoms with van der Waals surface area (Å²) in [6.45, 7) is 0. The molecule has 0 nitrogen and oxygen atoms in total. The van der Waals surface area contributed by atoms with Crippen LogP contribution < -0.4 is 0 Å². The van der Waals surface area contributed by atoms with Crippen molar-refractivity contribution in [2.45, 2.75) is 180 Å². The molecule has 0 radical (unpaired) electrons. The molecule has 6 rings (SSSR count). The predicted octanol–water partition coefficient (Wildman–Crippen LogP) is 10.9. The Morgan fingerprint density at radius 3 is 0.143 bits per heavy atom. The molecular formula is C28H56. The van der Waals surface area contributed by atoms with E-state index in [9.17, 15) is 0 Å². The molecule has 0 spiro atoms. The zero-order chi connectivity index (χ0) is 19.8. The molecular weight excluding hydrogens is 336 g/mol. The van der Waals surface area contributed by atoms with Gasteiger partial charge in [0.15, 0.2) is 0 Å². The van der Waals surface area contributed by atoms with Crippen LogP contribution in [0.1, 0.15) is 180 Å². The van der Waals surface area contributed by atoms with Crippen LogP contribution in [-0.2, 0) is 0 Å². The fraction of sp³-hybridized carbons (Fsp3) is 1.00. The monoisotopic (exact) mass is 392 g/mol. The molecule has 6 aliphatic rings. The first-order valence-electron chi connectivity index (χ1n) is 14.0. The third-order valence-corrected chi connectivity index (χ3v) is 6.21. The molecule has 0 aromatic carbocycles. The normalized spacial score (nSPS) is 24.0. The van der Waals surface area contributed by atoms with Crippen molar-refractivity contribution in [1.82, 2.24) is 0 Å². The predicted molar refractivity (Wildman–Crippen MR) is 129 cm³/mol. The van der Waals surface area contributed by atoms with E-state index < -0.39 is 0 Å². The fourth-order valence-electron chi connectivity index (χ4n) is 3.89. The van der Waals surface area contributed by atoms with Gasteiger partial charge >= 0.3 is 0 Å². The van der Waals surface area contributed by atoms with Gasteiger partial charge in [-0.3, -0.25) is 0 Å². The molecule has 6 fully saturated rings. The van der Waals surface area contributed by atoms with Crippen molar-refractivity contribution in [1.29, 1.82) is 0 Å². The molecule has 6 saturated carbocycles. The Labute approximate surface area is 180 Å². The summed E-state index contributed by atoms with van der Waals surface area (Å²) in [5, 5.41) is 0. The maximum Gasteiger partial charge on any atom is -0.0533 e. The molecule has 0 N–H and O–H groups in total. The lowest BCUT2D eigenvalue weighted by molar-refractivity contribution is 0.504. The quantitative estimate of drug-likeness (QED) is 0.384. The van der Waals surface area contributed by atoms with E-state index in [-0.39, 0.29) is 0 Å². The lowest BCUT2D eigenvalue weighted by Crippen LogP contribution is -1.85. The highest BCUT2D eigenvalue weighted by molar-refractivity contribution is 4.53. The second kappa shape index (κ2) is 23.3. The van der Waals surface area contributed by atoms with E-state index in [1.165, 1.54) is 180 Å². The van der Waals surface area contributed by atoms with E-state index in [1.807, 2.05) is 0 Å². The highest BCUT2D eigenvalue weighted by Gasteiger charge is 1.97. The van der Waals surface area contributed by atoms with E-state index in [4.69, 9.17) is 0 Å². The van der Waals surface area contributed by atoms with Gasteiger partial charge in [0, 0.05) is 0 Å². The van der Waals surface area contributed by atoms with Crippen LogP contribution in [0, 0.1) is 0 Å². The first-order valence-corrected chi connectivity index (χ1v) is 14.0. The Bertz CT molecular complexity index is 177. The molecule has 0 bridgehead atoms. The van der Waals surface area contributed by atoms with Gasteiger partial charge in [-0.25, -0.2) is 0 Å². The smallest absolute Gasteiger partial charge is 0.0533 e. The summed E-state index contributed by atoms with van der Waals surface area (Å²) in [7, 11) is 0. The Hall–Kier alpha value is 0. The van der Waals surface area contributed by atoms with Crippen LogP contribution in [0.3, 0.4) is 0 Å². The zero-order valence-electron chi connectivity index (χ0n) is 19.8. The number of rotatable bonds is 0. The van der Waals surface area contributed by atoms with Gasteiger partial charge in [-0.05, 0) is 0 Å². The molecule has 0 unspecified atom stereocenters. The van der Waals surface area contributed by atoms with Gasteiger partial charge in [-0.1, -0.05) is 180 Å². The Morgan fingerprint density at radius 1 is 0.0714 bits per heavy atom. The van der Waals surface area contributed by atoms with Crippen LogP contribution in [0.5, 0.6) is 0 Å². The van der Waals surface area contributed by atoms with Gasteiger partial charge in [0.1, 0.15) is 0 Å². The standard InChI is InChI=1S/2C6H12.2C5H10.2C3H6/c2*1-2-4-6-5-3-1;2*1-2-4-5-3-1;2*1-2-3-1/h2*1-6H2;2*1-5H2;2*1-3H2. The SMILES string of the molecule is C1CC1.C1CC1.C1CCCC1.C1CCCC1.C1CCCCC1.C1CCCCC1.